The maximum atomic E-state index is 9.99. The van der Waals surface area contributed by atoms with Crippen molar-refractivity contribution in [2.24, 2.45) is 4.99 Å². The predicted octanol–water partition coefficient (Wildman–Crippen LogP) is 3.55. The molecule has 0 fully saturated rings. The molecule has 2 aromatic carbocycles. The van der Waals surface area contributed by atoms with Crippen LogP contribution in [-0.2, 0) is 0 Å². The molecule has 21 heavy (non-hydrogen) atoms. The second-order valence-electron chi connectivity index (χ2n) is 6.11. The van der Waals surface area contributed by atoms with E-state index in [-0.39, 0.29) is 5.54 Å². The average Bonchev–Trinajstić information content (AvgIpc) is 2.41. The highest BCUT2D eigenvalue weighted by Crippen LogP contribution is 2.21. The molecular formula is C18H22NOP. The van der Waals surface area contributed by atoms with Gasteiger partial charge >= 0.3 is 0 Å². The summed E-state index contributed by atoms with van der Waals surface area (Å²) < 4.78 is 0. The molecular weight excluding hydrogens is 277 g/mol. The lowest BCUT2D eigenvalue weighted by atomic mass is 10.1. The number of phenolic OH excluding ortho intramolecular Hbond substituents is 1. The van der Waals surface area contributed by atoms with Crippen molar-refractivity contribution in [2.75, 3.05) is 0 Å². The minimum atomic E-state index is -0.0843. The quantitative estimate of drug-likeness (QED) is 0.682. The number of benzene rings is 2. The molecule has 0 bridgehead atoms. The number of para-hydroxylation sites is 1. The van der Waals surface area contributed by atoms with Gasteiger partial charge < -0.3 is 5.11 Å². The minimum Gasteiger partial charge on any atom is -0.507 e. The SMILES string of the molecule is Cc1cccc(C=NC(C)(C)C)c1Pc1ccccc1O. The fourth-order valence-electron chi connectivity index (χ4n) is 1.95. The van der Waals surface area contributed by atoms with Gasteiger partial charge in [-0.3, -0.25) is 4.99 Å². The van der Waals surface area contributed by atoms with Crippen LogP contribution >= 0.6 is 8.58 Å². The van der Waals surface area contributed by atoms with E-state index in [1.807, 2.05) is 24.4 Å². The number of hydrogen-bond donors (Lipinski definition) is 1. The predicted molar refractivity (Wildman–Crippen MR) is 94.2 cm³/mol. The molecule has 0 spiro atoms. The molecule has 2 rings (SSSR count). The molecule has 2 aromatic rings. The molecule has 3 heteroatoms. The summed E-state index contributed by atoms with van der Waals surface area (Å²) in [5, 5.41) is 12.2. The van der Waals surface area contributed by atoms with Crippen molar-refractivity contribution >= 4 is 25.4 Å². The minimum absolute atomic E-state index is 0.0843. The Balaban J connectivity index is 2.39. The Morgan fingerprint density at radius 3 is 2.43 bits per heavy atom. The van der Waals surface area contributed by atoms with Crippen molar-refractivity contribution in [2.45, 2.75) is 33.2 Å². The van der Waals surface area contributed by atoms with Gasteiger partial charge in [0.25, 0.3) is 0 Å². The van der Waals surface area contributed by atoms with Gasteiger partial charge in [-0.2, -0.15) is 0 Å². The second-order valence-corrected chi connectivity index (χ2v) is 7.40. The summed E-state index contributed by atoms with van der Waals surface area (Å²) in [6, 6.07) is 13.8. The summed E-state index contributed by atoms with van der Waals surface area (Å²) in [5.74, 6) is 0.359. The Morgan fingerprint density at radius 1 is 1.05 bits per heavy atom. The Bertz CT molecular complexity index is 657. The third-order valence-electron chi connectivity index (χ3n) is 3.06. The van der Waals surface area contributed by atoms with Gasteiger partial charge in [-0.15, -0.1) is 0 Å². The molecule has 1 unspecified atom stereocenters. The number of aliphatic imine (C=N–C) groups is 1. The lowest BCUT2D eigenvalue weighted by Gasteiger charge is -2.14. The number of aromatic hydroxyl groups is 1. The Labute approximate surface area is 128 Å². The smallest absolute Gasteiger partial charge is 0.123 e. The highest BCUT2D eigenvalue weighted by Gasteiger charge is 2.10. The van der Waals surface area contributed by atoms with Gasteiger partial charge in [-0.1, -0.05) is 45.0 Å². The van der Waals surface area contributed by atoms with E-state index in [0.717, 1.165) is 10.9 Å². The lowest BCUT2D eigenvalue weighted by Crippen LogP contribution is -2.15. The second kappa shape index (κ2) is 6.41. The highest BCUT2D eigenvalue weighted by molar-refractivity contribution is 7.56. The summed E-state index contributed by atoms with van der Waals surface area (Å²) in [5.41, 5.74) is 2.28. The van der Waals surface area contributed by atoms with Crippen molar-refractivity contribution in [3.05, 3.63) is 53.6 Å². The lowest BCUT2D eigenvalue weighted by molar-refractivity contribution is 0.480. The van der Waals surface area contributed by atoms with E-state index < -0.39 is 0 Å². The average molecular weight is 299 g/mol. The van der Waals surface area contributed by atoms with E-state index in [0.29, 0.717) is 14.3 Å². The maximum absolute atomic E-state index is 9.99. The summed E-state index contributed by atoms with van der Waals surface area (Å²) >= 11 is 0. The van der Waals surface area contributed by atoms with E-state index in [2.05, 4.69) is 50.9 Å². The van der Waals surface area contributed by atoms with Crippen LogP contribution in [-0.4, -0.2) is 16.9 Å². The largest absolute Gasteiger partial charge is 0.507 e. The molecule has 2 nitrogen and oxygen atoms in total. The zero-order valence-corrected chi connectivity index (χ0v) is 14.0. The Kier molecular flexibility index (Phi) is 4.80. The first-order chi connectivity index (χ1) is 9.87. The number of aryl methyl sites for hydroxylation is 1. The zero-order chi connectivity index (χ0) is 15.5. The molecule has 0 heterocycles. The molecule has 0 aromatic heterocycles. The fourth-order valence-corrected chi connectivity index (χ4v) is 3.18. The summed E-state index contributed by atoms with van der Waals surface area (Å²) in [6.07, 6.45) is 1.95. The van der Waals surface area contributed by atoms with Crippen molar-refractivity contribution in [3.8, 4) is 5.75 Å². The monoisotopic (exact) mass is 299 g/mol. The number of nitrogens with zero attached hydrogens (tertiary/aromatic N) is 1. The van der Waals surface area contributed by atoms with E-state index in [4.69, 9.17) is 0 Å². The first-order valence-corrected chi connectivity index (χ1v) is 8.07. The number of hydrogen-bond acceptors (Lipinski definition) is 2. The molecule has 1 atom stereocenters. The first-order valence-electron chi connectivity index (χ1n) is 7.07. The van der Waals surface area contributed by atoms with Crippen LogP contribution in [0, 0.1) is 6.92 Å². The van der Waals surface area contributed by atoms with Crippen molar-refractivity contribution in [3.63, 3.8) is 0 Å². The topological polar surface area (TPSA) is 32.6 Å². The molecule has 0 aliphatic heterocycles. The third kappa shape index (κ3) is 4.41. The van der Waals surface area contributed by atoms with Crippen LogP contribution in [0.3, 0.4) is 0 Å². The molecule has 0 radical (unpaired) electrons. The van der Waals surface area contributed by atoms with Crippen molar-refractivity contribution < 1.29 is 5.11 Å². The highest BCUT2D eigenvalue weighted by atomic mass is 31.1. The zero-order valence-electron chi connectivity index (χ0n) is 13.0. The van der Waals surface area contributed by atoms with E-state index in [1.165, 1.54) is 10.9 Å². The van der Waals surface area contributed by atoms with Crippen LogP contribution in [0.25, 0.3) is 0 Å². The molecule has 0 saturated heterocycles. The first kappa shape index (κ1) is 15.7. The van der Waals surface area contributed by atoms with Gasteiger partial charge in [-0.25, -0.2) is 0 Å². The number of phenols is 1. The summed E-state index contributed by atoms with van der Waals surface area (Å²) in [7, 11) is 0.425. The van der Waals surface area contributed by atoms with Gasteiger partial charge in [0.15, 0.2) is 0 Å². The van der Waals surface area contributed by atoms with Crippen LogP contribution in [0.4, 0.5) is 0 Å². The van der Waals surface area contributed by atoms with Crippen LogP contribution in [0.2, 0.25) is 0 Å². The Morgan fingerprint density at radius 2 is 1.76 bits per heavy atom. The fraction of sp³-hybridized carbons (Fsp3) is 0.278. The van der Waals surface area contributed by atoms with Crippen LogP contribution < -0.4 is 10.6 Å². The van der Waals surface area contributed by atoms with Gasteiger partial charge in [0.05, 0.1) is 5.54 Å². The Hall–Kier alpha value is -1.66. The van der Waals surface area contributed by atoms with Crippen LogP contribution in [0.15, 0.2) is 47.5 Å². The third-order valence-corrected chi connectivity index (χ3v) is 4.68. The molecule has 0 amide bonds. The molecule has 110 valence electrons. The summed E-state index contributed by atoms with van der Waals surface area (Å²) in [6.45, 7) is 8.37. The number of rotatable bonds is 3. The van der Waals surface area contributed by atoms with Crippen molar-refractivity contribution in [1.82, 2.24) is 0 Å². The normalized spacial score (nSPS) is 12.6. The van der Waals surface area contributed by atoms with Crippen LogP contribution in [0.1, 0.15) is 31.9 Å². The molecule has 1 N–H and O–H groups in total. The maximum Gasteiger partial charge on any atom is 0.123 e. The van der Waals surface area contributed by atoms with E-state index >= 15 is 0 Å². The van der Waals surface area contributed by atoms with E-state index in [9.17, 15) is 5.11 Å². The van der Waals surface area contributed by atoms with Gasteiger partial charge in [0.2, 0.25) is 0 Å². The van der Waals surface area contributed by atoms with Gasteiger partial charge in [-0.05, 0) is 44.6 Å². The molecule has 0 aliphatic rings. The van der Waals surface area contributed by atoms with Gasteiger partial charge in [0.1, 0.15) is 5.75 Å². The van der Waals surface area contributed by atoms with Crippen LogP contribution in [0.5, 0.6) is 5.75 Å². The van der Waals surface area contributed by atoms with Gasteiger partial charge in [0, 0.05) is 17.1 Å². The molecule has 0 aliphatic carbocycles. The van der Waals surface area contributed by atoms with E-state index in [1.54, 1.807) is 6.07 Å². The standard InChI is InChI=1S/C18H22NOP/c1-13-8-7-9-14(12-19-18(2,3)4)17(13)21-16-11-6-5-10-15(16)20/h5-12,20-21H,1-4H3. The van der Waals surface area contributed by atoms with Crippen molar-refractivity contribution in [1.29, 1.82) is 0 Å². The molecule has 0 saturated carbocycles. The summed E-state index contributed by atoms with van der Waals surface area (Å²) in [4.78, 5) is 4.61.